The van der Waals surface area contributed by atoms with Gasteiger partial charge in [-0.2, -0.15) is 4.37 Å². The van der Waals surface area contributed by atoms with Gasteiger partial charge in [0.15, 0.2) is 5.82 Å². The van der Waals surface area contributed by atoms with E-state index in [1.54, 1.807) is 12.1 Å². The summed E-state index contributed by atoms with van der Waals surface area (Å²) in [6, 6.07) is 7.51. The van der Waals surface area contributed by atoms with Crippen molar-refractivity contribution >= 4 is 28.4 Å². The SMILES string of the molecule is CC(=O)Cc1nsc(NC(=O)c2ccc(C(C)(C)C)cc2)n1. The van der Waals surface area contributed by atoms with Gasteiger partial charge in [0.05, 0.1) is 6.42 Å². The maximum absolute atomic E-state index is 12.2. The van der Waals surface area contributed by atoms with Crippen LogP contribution in [0.4, 0.5) is 5.13 Å². The standard InChI is InChI=1S/C16H19N3O2S/c1-10(20)9-13-17-15(22-19-13)18-14(21)11-5-7-12(8-6-11)16(2,3)4/h5-8H,9H2,1-4H3,(H,17,18,19,21). The maximum atomic E-state index is 12.2. The zero-order chi connectivity index (χ0) is 16.3. The van der Waals surface area contributed by atoms with Gasteiger partial charge in [0.1, 0.15) is 5.78 Å². The molecule has 0 atom stereocenters. The number of aromatic nitrogens is 2. The molecule has 0 fully saturated rings. The Morgan fingerprint density at radius 3 is 2.36 bits per heavy atom. The summed E-state index contributed by atoms with van der Waals surface area (Å²) >= 11 is 1.08. The van der Waals surface area contributed by atoms with Gasteiger partial charge < -0.3 is 0 Å². The molecule has 1 heterocycles. The summed E-state index contributed by atoms with van der Waals surface area (Å²) in [5, 5.41) is 3.11. The van der Waals surface area contributed by atoms with E-state index in [0.29, 0.717) is 16.5 Å². The van der Waals surface area contributed by atoms with Crippen LogP contribution in [0.5, 0.6) is 0 Å². The van der Waals surface area contributed by atoms with Crippen LogP contribution in [-0.4, -0.2) is 21.0 Å². The minimum Gasteiger partial charge on any atom is -0.300 e. The fourth-order valence-corrected chi connectivity index (χ4v) is 2.47. The van der Waals surface area contributed by atoms with Crippen LogP contribution in [0.2, 0.25) is 0 Å². The van der Waals surface area contributed by atoms with Crippen molar-refractivity contribution in [2.75, 3.05) is 5.32 Å². The summed E-state index contributed by atoms with van der Waals surface area (Å²) < 4.78 is 4.04. The lowest BCUT2D eigenvalue weighted by Gasteiger charge is -2.18. The number of carbonyl (C=O) groups is 2. The molecule has 0 aliphatic rings. The Balaban J connectivity index is 2.06. The van der Waals surface area contributed by atoms with Crippen molar-refractivity contribution in [3.05, 3.63) is 41.2 Å². The van der Waals surface area contributed by atoms with E-state index in [0.717, 1.165) is 11.5 Å². The van der Waals surface area contributed by atoms with Crippen LogP contribution in [0.1, 0.15) is 49.4 Å². The molecule has 22 heavy (non-hydrogen) atoms. The smallest absolute Gasteiger partial charge is 0.257 e. The minimum atomic E-state index is -0.231. The molecular formula is C16H19N3O2S. The molecule has 1 amide bonds. The summed E-state index contributed by atoms with van der Waals surface area (Å²) in [7, 11) is 0. The Bertz CT molecular complexity index is 684. The first-order valence-corrected chi connectivity index (χ1v) is 7.77. The van der Waals surface area contributed by atoms with Crippen LogP contribution in [-0.2, 0) is 16.6 Å². The molecule has 0 unspecified atom stereocenters. The molecule has 0 aliphatic carbocycles. The van der Waals surface area contributed by atoms with Gasteiger partial charge in [0, 0.05) is 17.1 Å². The molecule has 6 heteroatoms. The van der Waals surface area contributed by atoms with E-state index in [1.807, 2.05) is 12.1 Å². The fourth-order valence-electron chi connectivity index (χ4n) is 1.89. The van der Waals surface area contributed by atoms with E-state index in [2.05, 4.69) is 35.4 Å². The van der Waals surface area contributed by atoms with Crippen LogP contribution >= 0.6 is 11.5 Å². The molecule has 2 aromatic rings. The predicted octanol–water partition coefficient (Wildman–Crippen LogP) is 3.22. The monoisotopic (exact) mass is 317 g/mol. The van der Waals surface area contributed by atoms with E-state index in [4.69, 9.17) is 0 Å². The number of nitrogens with zero attached hydrogens (tertiary/aromatic N) is 2. The molecule has 116 valence electrons. The average Bonchev–Trinajstić information content (AvgIpc) is 2.84. The molecule has 0 saturated carbocycles. The molecule has 1 aromatic carbocycles. The topological polar surface area (TPSA) is 72.0 Å². The summed E-state index contributed by atoms with van der Waals surface area (Å²) in [5.74, 6) is 0.204. The van der Waals surface area contributed by atoms with Crippen molar-refractivity contribution in [2.45, 2.75) is 39.5 Å². The number of amides is 1. The average molecular weight is 317 g/mol. The van der Waals surface area contributed by atoms with Crippen LogP contribution in [0.25, 0.3) is 0 Å². The quantitative estimate of drug-likeness (QED) is 0.940. The lowest BCUT2D eigenvalue weighted by molar-refractivity contribution is -0.116. The lowest BCUT2D eigenvalue weighted by atomic mass is 9.87. The van der Waals surface area contributed by atoms with Gasteiger partial charge in [-0.3, -0.25) is 14.9 Å². The Labute approximate surface area is 134 Å². The minimum absolute atomic E-state index is 0.00607. The van der Waals surface area contributed by atoms with Gasteiger partial charge in [0.25, 0.3) is 5.91 Å². The van der Waals surface area contributed by atoms with Gasteiger partial charge in [-0.1, -0.05) is 32.9 Å². The van der Waals surface area contributed by atoms with Gasteiger partial charge in [-0.25, -0.2) is 4.98 Å². The second-order valence-corrected chi connectivity index (χ2v) is 6.93. The molecule has 1 N–H and O–H groups in total. The molecule has 0 saturated heterocycles. The molecule has 0 aliphatic heterocycles. The largest absolute Gasteiger partial charge is 0.300 e. The molecule has 0 radical (unpaired) electrons. The first-order chi connectivity index (χ1) is 10.3. The van der Waals surface area contributed by atoms with Crippen LogP contribution in [0.15, 0.2) is 24.3 Å². The number of benzene rings is 1. The number of Topliss-reactive ketones (excluding diaryl/α,β-unsaturated/α-hetero) is 1. The number of rotatable bonds is 4. The molecular weight excluding hydrogens is 298 g/mol. The van der Waals surface area contributed by atoms with Gasteiger partial charge in [0.2, 0.25) is 5.13 Å². The van der Waals surface area contributed by atoms with Crippen LogP contribution in [0, 0.1) is 0 Å². The number of nitrogens with one attached hydrogen (secondary N) is 1. The number of anilines is 1. The Morgan fingerprint density at radius 1 is 1.18 bits per heavy atom. The van der Waals surface area contributed by atoms with Crippen molar-refractivity contribution in [2.24, 2.45) is 0 Å². The number of hydrogen-bond acceptors (Lipinski definition) is 5. The summed E-state index contributed by atoms with van der Waals surface area (Å²) in [6.07, 6.45) is 0.187. The fraction of sp³-hybridized carbons (Fsp3) is 0.375. The maximum Gasteiger partial charge on any atom is 0.257 e. The van der Waals surface area contributed by atoms with Crippen molar-refractivity contribution in [3.8, 4) is 0 Å². The summed E-state index contributed by atoms with van der Waals surface area (Å²) in [4.78, 5) is 27.3. The first-order valence-electron chi connectivity index (χ1n) is 6.99. The normalized spacial score (nSPS) is 11.3. The molecule has 1 aromatic heterocycles. The highest BCUT2D eigenvalue weighted by atomic mass is 32.1. The molecule has 5 nitrogen and oxygen atoms in total. The number of ketones is 1. The highest BCUT2D eigenvalue weighted by molar-refractivity contribution is 7.09. The van der Waals surface area contributed by atoms with E-state index in [1.165, 1.54) is 12.5 Å². The van der Waals surface area contributed by atoms with Crippen molar-refractivity contribution < 1.29 is 9.59 Å². The molecule has 2 rings (SSSR count). The lowest BCUT2D eigenvalue weighted by Crippen LogP contribution is -2.14. The van der Waals surface area contributed by atoms with Crippen molar-refractivity contribution in [3.63, 3.8) is 0 Å². The second-order valence-electron chi connectivity index (χ2n) is 6.18. The highest BCUT2D eigenvalue weighted by Gasteiger charge is 2.15. The Kier molecular flexibility index (Phi) is 4.71. The van der Waals surface area contributed by atoms with Crippen molar-refractivity contribution in [1.82, 2.24) is 9.36 Å². The van der Waals surface area contributed by atoms with Crippen molar-refractivity contribution in [1.29, 1.82) is 0 Å². The van der Waals surface area contributed by atoms with Crippen LogP contribution < -0.4 is 5.32 Å². The summed E-state index contributed by atoms with van der Waals surface area (Å²) in [5.41, 5.74) is 1.79. The van der Waals surface area contributed by atoms with Gasteiger partial charge >= 0.3 is 0 Å². The zero-order valence-corrected chi connectivity index (χ0v) is 14.0. The first kappa shape index (κ1) is 16.3. The second kappa shape index (κ2) is 6.36. The third kappa shape index (κ3) is 4.21. The third-order valence-corrected chi connectivity index (χ3v) is 3.78. The highest BCUT2D eigenvalue weighted by Crippen LogP contribution is 2.22. The van der Waals surface area contributed by atoms with E-state index in [-0.39, 0.29) is 23.5 Å². The summed E-state index contributed by atoms with van der Waals surface area (Å²) in [6.45, 7) is 7.86. The zero-order valence-electron chi connectivity index (χ0n) is 13.1. The van der Waals surface area contributed by atoms with Gasteiger partial charge in [-0.05, 0) is 30.0 Å². The molecule has 0 bridgehead atoms. The third-order valence-electron chi connectivity index (χ3n) is 3.11. The van der Waals surface area contributed by atoms with Gasteiger partial charge in [-0.15, -0.1) is 0 Å². The Morgan fingerprint density at radius 2 is 1.82 bits per heavy atom. The van der Waals surface area contributed by atoms with Crippen LogP contribution in [0.3, 0.4) is 0 Å². The molecule has 0 spiro atoms. The van der Waals surface area contributed by atoms with E-state index < -0.39 is 0 Å². The Hall–Kier alpha value is -2.08. The van der Waals surface area contributed by atoms with E-state index in [9.17, 15) is 9.59 Å². The van der Waals surface area contributed by atoms with E-state index >= 15 is 0 Å². The number of carbonyl (C=O) groups excluding carboxylic acids is 2. The number of hydrogen-bond donors (Lipinski definition) is 1. The predicted molar refractivity (Wildman–Crippen MR) is 87.4 cm³/mol.